The molecule has 21 heavy (non-hydrogen) atoms. The van der Waals surface area contributed by atoms with Crippen molar-refractivity contribution < 1.29 is 0 Å². The van der Waals surface area contributed by atoms with Gasteiger partial charge >= 0.3 is 0 Å². The van der Waals surface area contributed by atoms with Crippen molar-refractivity contribution in [2.45, 2.75) is 71.4 Å². The van der Waals surface area contributed by atoms with E-state index in [0.717, 1.165) is 6.54 Å². The molecule has 1 aromatic heterocycles. The van der Waals surface area contributed by atoms with Crippen LogP contribution < -0.4 is 5.73 Å². The minimum Gasteiger partial charge on any atom is -0.330 e. The summed E-state index contributed by atoms with van der Waals surface area (Å²) < 4.78 is 0. The second-order valence-corrected chi connectivity index (χ2v) is 8.84. The van der Waals surface area contributed by atoms with Crippen molar-refractivity contribution in [3.05, 3.63) is 21.9 Å². The smallest absolute Gasteiger partial charge is 0.0484 e. The Morgan fingerprint density at radius 1 is 1.29 bits per heavy atom. The summed E-state index contributed by atoms with van der Waals surface area (Å²) in [5, 5.41) is 0. The van der Waals surface area contributed by atoms with Crippen LogP contribution in [0.1, 0.15) is 69.7 Å². The van der Waals surface area contributed by atoms with Gasteiger partial charge in [0.05, 0.1) is 0 Å². The molecule has 1 aromatic rings. The molecular formula is C18H32N2S. The SMILES string of the molecule is CC(C)N1CCCCC(CN)C1c1ccc(C(C)(C)C)s1. The van der Waals surface area contributed by atoms with E-state index in [-0.39, 0.29) is 5.41 Å². The first kappa shape index (κ1) is 17.0. The largest absolute Gasteiger partial charge is 0.330 e. The van der Waals surface area contributed by atoms with Gasteiger partial charge in [-0.25, -0.2) is 0 Å². The minimum absolute atomic E-state index is 0.245. The number of rotatable bonds is 3. The molecule has 2 N–H and O–H groups in total. The van der Waals surface area contributed by atoms with Crippen LogP contribution in [0.25, 0.3) is 0 Å². The normalized spacial score (nSPS) is 25.3. The van der Waals surface area contributed by atoms with Crippen molar-refractivity contribution in [2.75, 3.05) is 13.1 Å². The first-order valence-corrected chi connectivity index (χ1v) is 9.22. The Morgan fingerprint density at radius 2 is 2.00 bits per heavy atom. The highest BCUT2D eigenvalue weighted by molar-refractivity contribution is 7.12. The zero-order chi connectivity index (χ0) is 15.6. The maximum atomic E-state index is 6.13. The molecule has 0 aliphatic carbocycles. The van der Waals surface area contributed by atoms with Gasteiger partial charge in [-0.05, 0) is 63.2 Å². The number of nitrogens with two attached hydrogens (primary N) is 1. The zero-order valence-electron chi connectivity index (χ0n) is 14.4. The molecule has 2 atom stereocenters. The Labute approximate surface area is 134 Å². The molecule has 2 nitrogen and oxygen atoms in total. The molecule has 120 valence electrons. The highest BCUT2D eigenvalue weighted by Crippen LogP contribution is 2.41. The lowest BCUT2D eigenvalue weighted by molar-refractivity contribution is 0.124. The second kappa shape index (κ2) is 6.80. The van der Waals surface area contributed by atoms with E-state index in [2.05, 4.69) is 51.7 Å². The lowest BCUT2D eigenvalue weighted by Crippen LogP contribution is -2.39. The molecule has 2 heterocycles. The summed E-state index contributed by atoms with van der Waals surface area (Å²) in [5.41, 5.74) is 6.38. The van der Waals surface area contributed by atoms with Gasteiger partial charge in [-0.2, -0.15) is 0 Å². The molecule has 0 radical (unpaired) electrons. The molecule has 1 fully saturated rings. The number of hydrogen-bond donors (Lipinski definition) is 1. The molecule has 0 aromatic carbocycles. The van der Waals surface area contributed by atoms with Gasteiger partial charge in [0.1, 0.15) is 0 Å². The van der Waals surface area contributed by atoms with Gasteiger partial charge in [0.25, 0.3) is 0 Å². The molecule has 0 saturated carbocycles. The predicted molar refractivity (Wildman–Crippen MR) is 94.0 cm³/mol. The van der Waals surface area contributed by atoms with Gasteiger partial charge in [-0.3, -0.25) is 4.90 Å². The molecule has 1 aliphatic heterocycles. The van der Waals surface area contributed by atoms with E-state index in [4.69, 9.17) is 5.73 Å². The predicted octanol–water partition coefficient (Wildman–Crippen LogP) is 4.56. The highest BCUT2D eigenvalue weighted by Gasteiger charge is 2.33. The van der Waals surface area contributed by atoms with Crippen LogP contribution in [-0.4, -0.2) is 24.0 Å². The average molecular weight is 309 g/mol. The van der Waals surface area contributed by atoms with Crippen LogP contribution >= 0.6 is 11.3 Å². The van der Waals surface area contributed by atoms with Crippen molar-refractivity contribution in [1.82, 2.24) is 4.90 Å². The highest BCUT2D eigenvalue weighted by atomic mass is 32.1. The molecular weight excluding hydrogens is 276 g/mol. The minimum atomic E-state index is 0.245. The number of likely N-dealkylation sites (tertiary alicyclic amines) is 1. The first-order valence-electron chi connectivity index (χ1n) is 8.40. The van der Waals surface area contributed by atoms with E-state index in [1.165, 1.54) is 35.6 Å². The maximum Gasteiger partial charge on any atom is 0.0484 e. The lowest BCUT2D eigenvalue weighted by Gasteiger charge is -2.37. The summed E-state index contributed by atoms with van der Waals surface area (Å²) in [6, 6.07) is 5.79. The van der Waals surface area contributed by atoms with Gasteiger partial charge in [0.2, 0.25) is 0 Å². The summed E-state index contributed by atoms with van der Waals surface area (Å²) in [6.45, 7) is 13.6. The Hall–Kier alpha value is -0.380. The van der Waals surface area contributed by atoms with Crippen molar-refractivity contribution in [1.29, 1.82) is 0 Å². The summed E-state index contributed by atoms with van der Waals surface area (Å²) in [4.78, 5) is 5.69. The maximum absolute atomic E-state index is 6.13. The summed E-state index contributed by atoms with van der Waals surface area (Å²) in [7, 11) is 0. The van der Waals surface area contributed by atoms with Gasteiger partial charge in [0.15, 0.2) is 0 Å². The summed E-state index contributed by atoms with van der Waals surface area (Å²) in [6.07, 6.45) is 3.90. The van der Waals surface area contributed by atoms with Crippen LogP contribution in [0.2, 0.25) is 0 Å². The average Bonchev–Trinajstić information content (AvgIpc) is 2.78. The van der Waals surface area contributed by atoms with E-state index in [1.807, 2.05) is 11.3 Å². The number of nitrogens with zero attached hydrogens (tertiary/aromatic N) is 1. The van der Waals surface area contributed by atoms with Gasteiger partial charge in [-0.1, -0.05) is 27.2 Å². The van der Waals surface area contributed by atoms with Crippen molar-refractivity contribution in [3.63, 3.8) is 0 Å². The Morgan fingerprint density at radius 3 is 2.52 bits per heavy atom. The van der Waals surface area contributed by atoms with Crippen LogP contribution in [0.5, 0.6) is 0 Å². The monoisotopic (exact) mass is 308 g/mol. The molecule has 1 saturated heterocycles. The Kier molecular flexibility index (Phi) is 5.50. The third-order valence-corrected chi connectivity index (χ3v) is 6.25. The van der Waals surface area contributed by atoms with E-state index in [0.29, 0.717) is 18.0 Å². The van der Waals surface area contributed by atoms with Crippen LogP contribution in [-0.2, 0) is 5.41 Å². The zero-order valence-corrected chi connectivity index (χ0v) is 15.2. The van der Waals surface area contributed by atoms with Gasteiger partial charge in [-0.15, -0.1) is 11.3 Å². The van der Waals surface area contributed by atoms with Crippen LogP contribution in [0, 0.1) is 5.92 Å². The van der Waals surface area contributed by atoms with E-state index < -0.39 is 0 Å². The molecule has 2 rings (SSSR count). The van der Waals surface area contributed by atoms with Crippen molar-refractivity contribution in [3.8, 4) is 0 Å². The fourth-order valence-corrected chi connectivity index (χ4v) is 4.69. The van der Waals surface area contributed by atoms with E-state index in [1.54, 1.807) is 0 Å². The fraction of sp³-hybridized carbons (Fsp3) is 0.778. The van der Waals surface area contributed by atoms with E-state index in [9.17, 15) is 0 Å². The third kappa shape index (κ3) is 3.88. The molecule has 0 spiro atoms. The molecule has 3 heteroatoms. The van der Waals surface area contributed by atoms with Crippen molar-refractivity contribution in [2.24, 2.45) is 11.7 Å². The lowest BCUT2D eigenvalue weighted by atomic mass is 9.92. The van der Waals surface area contributed by atoms with E-state index >= 15 is 0 Å². The summed E-state index contributed by atoms with van der Waals surface area (Å²) in [5.74, 6) is 0.598. The van der Waals surface area contributed by atoms with Crippen LogP contribution in [0.3, 0.4) is 0 Å². The quantitative estimate of drug-likeness (QED) is 0.887. The van der Waals surface area contributed by atoms with Gasteiger partial charge in [0, 0.05) is 21.8 Å². The first-order chi connectivity index (χ1) is 9.84. The fourth-order valence-electron chi connectivity index (χ4n) is 3.41. The summed E-state index contributed by atoms with van der Waals surface area (Å²) >= 11 is 2.00. The molecule has 2 unspecified atom stereocenters. The Balaban J connectivity index is 2.35. The van der Waals surface area contributed by atoms with Gasteiger partial charge < -0.3 is 5.73 Å². The number of hydrogen-bond acceptors (Lipinski definition) is 3. The van der Waals surface area contributed by atoms with Crippen LogP contribution in [0.4, 0.5) is 0 Å². The van der Waals surface area contributed by atoms with Crippen molar-refractivity contribution >= 4 is 11.3 Å². The third-order valence-electron chi connectivity index (χ3n) is 4.67. The Bertz CT molecular complexity index is 444. The molecule has 1 aliphatic rings. The number of thiophene rings is 1. The standard InChI is InChI=1S/C18H32N2S/c1-13(2)20-11-7-6-8-14(12-19)17(20)15-9-10-16(21-15)18(3,4)5/h9-10,13-14,17H,6-8,11-12,19H2,1-5H3. The molecule has 0 bridgehead atoms. The second-order valence-electron chi connectivity index (χ2n) is 7.72. The van der Waals surface area contributed by atoms with Crippen LogP contribution in [0.15, 0.2) is 12.1 Å². The molecule has 0 amide bonds. The topological polar surface area (TPSA) is 29.3 Å².